The second-order valence-corrected chi connectivity index (χ2v) is 10.5. The van der Waals surface area contributed by atoms with Gasteiger partial charge in [-0.25, -0.2) is 28.6 Å². The number of hydrogen-bond donors (Lipinski definition) is 0. The van der Waals surface area contributed by atoms with Crippen LogP contribution in [-0.2, 0) is 4.74 Å². The standard InChI is InChI=1S/C27H28F2N8O3/c28-20-10-18(12-30)9-19(11-20)23-3-4-32-37(23)27(39)35-7-5-34(6-8-35)26-31-13-22(29)24(33-26)25(38)36-14-21(15-36)40-16-17-1-2-17/h4,9-11,13,17,21,23H,1-3,5-8,14-16H2. The molecule has 2 saturated heterocycles. The summed E-state index contributed by atoms with van der Waals surface area (Å²) < 4.78 is 34.3. The third kappa shape index (κ3) is 5.31. The lowest BCUT2D eigenvalue weighted by atomic mass is 10.0. The number of carbonyl (C=O) groups excluding carboxylic acids is 2. The molecule has 0 N–H and O–H groups in total. The molecule has 4 aliphatic rings. The fraction of sp³-hybridized carbons (Fsp3) is 0.481. The van der Waals surface area contributed by atoms with Crippen molar-refractivity contribution < 1.29 is 23.1 Å². The maximum absolute atomic E-state index is 14.5. The molecule has 2 aromatic rings. The number of piperazine rings is 1. The Morgan fingerprint density at radius 2 is 1.85 bits per heavy atom. The van der Waals surface area contributed by atoms with Crippen LogP contribution in [0.25, 0.3) is 0 Å². The largest absolute Gasteiger partial charge is 0.374 e. The average molecular weight is 551 g/mol. The van der Waals surface area contributed by atoms with E-state index in [1.54, 1.807) is 22.1 Å². The van der Waals surface area contributed by atoms with E-state index in [0.717, 1.165) is 12.3 Å². The van der Waals surface area contributed by atoms with E-state index in [9.17, 15) is 23.6 Å². The summed E-state index contributed by atoms with van der Waals surface area (Å²) in [7, 11) is 0. The van der Waals surface area contributed by atoms with Crippen LogP contribution in [0.2, 0.25) is 0 Å². The number of hydrogen-bond acceptors (Lipinski definition) is 8. The van der Waals surface area contributed by atoms with Crippen LogP contribution in [0.3, 0.4) is 0 Å². The van der Waals surface area contributed by atoms with Gasteiger partial charge < -0.3 is 19.4 Å². The minimum Gasteiger partial charge on any atom is -0.374 e. The molecule has 6 rings (SSSR count). The van der Waals surface area contributed by atoms with Crippen molar-refractivity contribution in [1.82, 2.24) is 24.8 Å². The number of amides is 3. The second-order valence-electron chi connectivity index (χ2n) is 10.5. The number of rotatable bonds is 6. The highest BCUT2D eigenvalue weighted by Gasteiger charge is 2.37. The van der Waals surface area contributed by atoms with E-state index < -0.39 is 23.6 Å². The van der Waals surface area contributed by atoms with Gasteiger partial charge in [0.05, 0.1) is 30.0 Å². The van der Waals surface area contributed by atoms with E-state index >= 15 is 0 Å². The molecule has 1 aromatic carbocycles. The molecule has 1 aromatic heterocycles. The van der Waals surface area contributed by atoms with Gasteiger partial charge in [-0.15, -0.1) is 0 Å². The van der Waals surface area contributed by atoms with Crippen molar-refractivity contribution in [1.29, 1.82) is 5.26 Å². The van der Waals surface area contributed by atoms with Gasteiger partial charge in [-0.3, -0.25) is 4.79 Å². The zero-order chi connectivity index (χ0) is 27.8. The van der Waals surface area contributed by atoms with Gasteiger partial charge in [0.25, 0.3) is 5.91 Å². The van der Waals surface area contributed by atoms with Gasteiger partial charge in [0.15, 0.2) is 11.5 Å². The van der Waals surface area contributed by atoms with Crippen LogP contribution in [0, 0.1) is 28.9 Å². The minimum absolute atomic E-state index is 0.0200. The molecule has 1 aliphatic carbocycles. The molecule has 4 heterocycles. The first-order chi connectivity index (χ1) is 19.4. The summed E-state index contributed by atoms with van der Waals surface area (Å²) >= 11 is 0. The highest BCUT2D eigenvalue weighted by molar-refractivity contribution is 5.93. The molecule has 1 unspecified atom stereocenters. The molecule has 40 heavy (non-hydrogen) atoms. The number of urea groups is 1. The molecule has 1 saturated carbocycles. The molecule has 0 radical (unpaired) electrons. The van der Waals surface area contributed by atoms with Gasteiger partial charge in [-0.2, -0.15) is 10.4 Å². The number of benzene rings is 1. The summed E-state index contributed by atoms with van der Waals surface area (Å²) in [6.07, 6.45) is 5.38. The monoisotopic (exact) mass is 550 g/mol. The Bertz CT molecular complexity index is 1380. The molecular formula is C27H28F2N8O3. The zero-order valence-corrected chi connectivity index (χ0v) is 21.7. The number of halogens is 2. The number of hydrazone groups is 1. The molecule has 0 spiro atoms. The predicted molar refractivity (Wildman–Crippen MR) is 138 cm³/mol. The molecule has 0 bridgehead atoms. The average Bonchev–Trinajstić information content (AvgIpc) is 3.64. The van der Waals surface area contributed by atoms with Gasteiger partial charge in [-0.05, 0) is 42.5 Å². The molecule has 11 nitrogen and oxygen atoms in total. The highest BCUT2D eigenvalue weighted by atomic mass is 19.1. The Kier molecular flexibility index (Phi) is 7.02. The summed E-state index contributed by atoms with van der Waals surface area (Å²) in [5.41, 5.74) is 0.405. The lowest BCUT2D eigenvalue weighted by Crippen LogP contribution is -2.55. The van der Waals surface area contributed by atoms with Crippen molar-refractivity contribution in [2.24, 2.45) is 11.0 Å². The van der Waals surface area contributed by atoms with Crippen molar-refractivity contribution in [2.75, 3.05) is 50.8 Å². The quantitative estimate of drug-likeness (QED) is 0.543. The van der Waals surface area contributed by atoms with Crippen molar-refractivity contribution in [2.45, 2.75) is 31.4 Å². The number of nitrogens with zero attached hydrogens (tertiary/aromatic N) is 8. The van der Waals surface area contributed by atoms with E-state index in [-0.39, 0.29) is 29.3 Å². The first kappa shape index (κ1) is 26.1. The smallest absolute Gasteiger partial charge is 0.341 e. The number of nitriles is 1. The third-order valence-corrected chi connectivity index (χ3v) is 7.63. The van der Waals surface area contributed by atoms with E-state index in [1.165, 1.54) is 28.8 Å². The lowest BCUT2D eigenvalue weighted by Gasteiger charge is -2.39. The van der Waals surface area contributed by atoms with Crippen LogP contribution >= 0.6 is 0 Å². The van der Waals surface area contributed by atoms with Crippen LogP contribution in [0.5, 0.6) is 0 Å². The summed E-state index contributed by atoms with van der Waals surface area (Å²) in [6.45, 7) is 2.92. The van der Waals surface area contributed by atoms with Gasteiger partial charge in [0.1, 0.15) is 5.82 Å². The first-order valence-corrected chi connectivity index (χ1v) is 13.4. The van der Waals surface area contributed by atoms with Gasteiger partial charge in [0.2, 0.25) is 5.95 Å². The number of anilines is 1. The van der Waals surface area contributed by atoms with Crippen LogP contribution in [0.1, 0.15) is 46.9 Å². The topological polar surface area (TPSA) is 118 Å². The Morgan fingerprint density at radius 1 is 1.07 bits per heavy atom. The zero-order valence-electron chi connectivity index (χ0n) is 21.7. The summed E-state index contributed by atoms with van der Waals surface area (Å²) in [5.74, 6) is -0.955. The normalized spacial score (nSPS) is 21.0. The van der Waals surface area contributed by atoms with Gasteiger partial charge >= 0.3 is 6.03 Å². The van der Waals surface area contributed by atoms with E-state index in [1.807, 2.05) is 6.07 Å². The number of aromatic nitrogens is 2. The Labute approximate surface area is 229 Å². The van der Waals surface area contributed by atoms with Gasteiger partial charge in [-0.1, -0.05) is 0 Å². The predicted octanol–water partition coefficient (Wildman–Crippen LogP) is 2.55. The molecule has 3 amide bonds. The molecule has 1 atom stereocenters. The summed E-state index contributed by atoms with van der Waals surface area (Å²) in [4.78, 5) is 39.5. The van der Waals surface area contributed by atoms with Crippen LogP contribution in [0.4, 0.5) is 19.5 Å². The lowest BCUT2D eigenvalue weighted by molar-refractivity contribution is -0.0462. The first-order valence-electron chi connectivity index (χ1n) is 13.4. The van der Waals surface area contributed by atoms with Crippen molar-refractivity contribution in [3.8, 4) is 6.07 Å². The molecular weight excluding hydrogens is 522 g/mol. The Hall–Kier alpha value is -4.18. The maximum Gasteiger partial charge on any atom is 0.341 e. The van der Waals surface area contributed by atoms with E-state index in [2.05, 4.69) is 15.1 Å². The molecule has 3 aliphatic heterocycles. The number of carbonyl (C=O) groups is 2. The second kappa shape index (κ2) is 10.8. The van der Waals surface area contributed by atoms with Crippen molar-refractivity contribution in [3.05, 3.63) is 52.9 Å². The molecule has 13 heteroatoms. The summed E-state index contributed by atoms with van der Waals surface area (Å²) in [5, 5.41) is 14.7. The minimum atomic E-state index is -0.778. The van der Waals surface area contributed by atoms with E-state index in [4.69, 9.17) is 4.74 Å². The number of ether oxygens (including phenoxy) is 1. The van der Waals surface area contributed by atoms with Gasteiger partial charge in [0, 0.05) is 58.5 Å². The maximum atomic E-state index is 14.5. The number of likely N-dealkylation sites (tertiary alicyclic amines) is 1. The Balaban J connectivity index is 1.06. The van der Waals surface area contributed by atoms with Crippen molar-refractivity contribution >= 4 is 24.1 Å². The fourth-order valence-corrected chi connectivity index (χ4v) is 5.06. The van der Waals surface area contributed by atoms with E-state index in [0.29, 0.717) is 63.8 Å². The third-order valence-electron chi connectivity index (χ3n) is 7.63. The highest BCUT2D eigenvalue weighted by Crippen LogP contribution is 2.31. The van der Waals surface area contributed by atoms with Crippen LogP contribution < -0.4 is 4.90 Å². The van der Waals surface area contributed by atoms with Crippen LogP contribution in [-0.4, -0.2) is 94.9 Å². The molecule has 3 fully saturated rings. The molecule has 208 valence electrons. The SMILES string of the molecule is N#Cc1cc(F)cc(C2CC=NN2C(=O)N2CCN(c3ncc(F)c(C(=O)N4CC(OCC5CC5)C4)n3)CC2)c1. The van der Waals surface area contributed by atoms with Crippen LogP contribution in [0.15, 0.2) is 29.5 Å². The summed E-state index contributed by atoms with van der Waals surface area (Å²) in [6, 6.07) is 5.10. The van der Waals surface area contributed by atoms with Crippen molar-refractivity contribution in [3.63, 3.8) is 0 Å². The Morgan fingerprint density at radius 3 is 2.58 bits per heavy atom. The fourth-order valence-electron chi connectivity index (χ4n) is 5.06.